The zero-order valence-electron chi connectivity index (χ0n) is 22.0. The lowest BCUT2D eigenvalue weighted by Gasteiger charge is -2.26. The number of likely N-dealkylation sites (tertiary alicyclic amines) is 1. The Bertz CT molecular complexity index is 1610. The standard InChI is InChI=1S/C30H29F2N3O4S/c1-18-16-20(7-11-24(18)32)33-27-23-10-12-25(36)35(21-8-5-19(31)6-9-21)30(23)40-28(27)29(37)34-14-13-22(17-34)39-26-4-2-3-15-38-26/h5-12,16,22,26,33H,2-4,13-15,17H2,1H3/t22-,26?/m0/s1. The number of hydrogen-bond donors (Lipinski definition) is 1. The minimum atomic E-state index is -0.413. The van der Waals surface area contributed by atoms with E-state index in [2.05, 4.69) is 5.32 Å². The topological polar surface area (TPSA) is 72.8 Å². The van der Waals surface area contributed by atoms with Crippen molar-refractivity contribution >= 4 is 38.8 Å². The maximum Gasteiger partial charge on any atom is 0.266 e. The van der Waals surface area contributed by atoms with Crippen molar-refractivity contribution in [3.63, 3.8) is 0 Å². The van der Waals surface area contributed by atoms with Crippen LogP contribution in [0.1, 0.15) is 40.9 Å². The summed E-state index contributed by atoms with van der Waals surface area (Å²) in [6.07, 6.45) is 3.31. The molecule has 2 saturated heterocycles. The fraction of sp³-hybridized carbons (Fsp3) is 0.333. The Kier molecular flexibility index (Phi) is 7.39. The third kappa shape index (κ3) is 5.26. The highest BCUT2D eigenvalue weighted by molar-refractivity contribution is 7.21. The maximum atomic E-state index is 14.0. The minimum absolute atomic E-state index is 0.116. The van der Waals surface area contributed by atoms with E-state index in [0.29, 0.717) is 63.8 Å². The summed E-state index contributed by atoms with van der Waals surface area (Å²) in [5.74, 6) is -0.923. The van der Waals surface area contributed by atoms with E-state index in [4.69, 9.17) is 9.47 Å². The Morgan fingerprint density at radius 2 is 1.90 bits per heavy atom. The number of nitrogens with zero attached hydrogens (tertiary/aromatic N) is 2. The van der Waals surface area contributed by atoms with Gasteiger partial charge in [-0.15, -0.1) is 11.3 Å². The Morgan fingerprint density at radius 3 is 2.65 bits per heavy atom. The normalized spacial score (nSPS) is 19.3. The largest absolute Gasteiger partial charge is 0.354 e. The van der Waals surface area contributed by atoms with E-state index < -0.39 is 5.82 Å². The molecule has 7 nitrogen and oxygen atoms in total. The first-order chi connectivity index (χ1) is 19.4. The second kappa shape index (κ2) is 11.1. The van der Waals surface area contributed by atoms with E-state index in [1.165, 1.54) is 52.3 Å². The molecule has 0 aliphatic carbocycles. The Morgan fingerprint density at radius 1 is 1.07 bits per heavy atom. The molecule has 4 heterocycles. The zero-order chi connectivity index (χ0) is 27.8. The number of thiophene rings is 1. The van der Waals surface area contributed by atoms with Gasteiger partial charge in [0.15, 0.2) is 6.29 Å². The van der Waals surface area contributed by atoms with Crippen LogP contribution < -0.4 is 10.9 Å². The number of benzene rings is 2. The molecule has 0 bridgehead atoms. The number of rotatable bonds is 6. The molecule has 2 atom stereocenters. The first kappa shape index (κ1) is 26.6. The lowest BCUT2D eigenvalue weighted by atomic mass is 10.2. The number of ether oxygens (including phenoxy) is 2. The number of anilines is 2. The third-order valence-electron chi connectivity index (χ3n) is 7.36. The summed E-state index contributed by atoms with van der Waals surface area (Å²) >= 11 is 1.20. The summed E-state index contributed by atoms with van der Waals surface area (Å²) in [5, 5.41) is 3.98. The van der Waals surface area contributed by atoms with Crippen LogP contribution in [0.25, 0.3) is 15.9 Å². The van der Waals surface area contributed by atoms with Crippen molar-refractivity contribution in [2.75, 3.05) is 25.0 Å². The summed E-state index contributed by atoms with van der Waals surface area (Å²) in [6, 6.07) is 13.4. The monoisotopic (exact) mass is 565 g/mol. The third-order valence-corrected chi connectivity index (χ3v) is 8.54. The fourth-order valence-electron chi connectivity index (χ4n) is 5.26. The molecule has 2 aromatic carbocycles. The number of aryl methyl sites for hydroxylation is 1. The van der Waals surface area contributed by atoms with Crippen LogP contribution in [0, 0.1) is 18.6 Å². The van der Waals surface area contributed by atoms with Crippen LogP contribution in [-0.2, 0) is 9.47 Å². The number of pyridine rings is 1. The highest BCUT2D eigenvalue weighted by Crippen LogP contribution is 2.39. The predicted octanol–water partition coefficient (Wildman–Crippen LogP) is 6.14. The Hall–Kier alpha value is -3.60. The van der Waals surface area contributed by atoms with Crippen LogP contribution >= 0.6 is 11.3 Å². The number of hydrogen-bond acceptors (Lipinski definition) is 6. The van der Waals surface area contributed by atoms with Gasteiger partial charge in [0.1, 0.15) is 21.3 Å². The highest BCUT2D eigenvalue weighted by atomic mass is 32.1. The quantitative estimate of drug-likeness (QED) is 0.304. The van der Waals surface area contributed by atoms with E-state index >= 15 is 0 Å². The molecule has 1 N–H and O–H groups in total. The van der Waals surface area contributed by atoms with E-state index in [-0.39, 0.29) is 29.7 Å². The van der Waals surface area contributed by atoms with Gasteiger partial charge in [-0.1, -0.05) is 0 Å². The first-order valence-electron chi connectivity index (χ1n) is 13.4. The molecule has 2 fully saturated rings. The number of amides is 1. The smallest absolute Gasteiger partial charge is 0.266 e. The van der Waals surface area contributed by atoms with E-state index in [9.17, 15) is 18.4 Å². The van der Waals surface area contributed by atoms with Crippen molar-refractivity contribution in [3.8, 4) is 5.69 Å². The van der Waals surface area contributed by atoms with Crippen LogP contribution in [0.15, 0.2) is 59.4 Å². The average molecular weight is 566 g/mol. The molecule has 2 aromatic heterocycles. The van der Waals surface area contributed by atoms with Crippen molar-refractivity contribution in [3.05, 3.63) is 87.0 Å². The lowest BCUT2D eigenvalue weighted by Crippen LogP contribution is -2.32. The molecule has 4 aromatic rings. The number of fused-ring (bicyclic) bond motifs is 1. The van der Waals surface area contributed by atoms with Gasteiger partial charge in [0.25, 0.3) is 11.5 Å². The molecule has 0 spiro atoms. The second-order valence-corrected chi connectivity index (χ2v) is 11.2. The van der Waals surface area contributed by atoms with Gasteiger partial charge in [0.05, 0.1) is 17.5 Å². The molecule has 1 amide bonds. The Labute approximate surface area is 233 Å². The lowest BCUT2D eigenvalue weighted by molar-refractivity contribution is -0.184. The summed E-state index contributed by atoms with van der Waals surface area (Å²) in [6.45, 7) is 3.33. The van der Waals surface area contributed by atoms with Crippen LogP contribution in [0.5, 0.6) is 0 Å². The van der Waals surface area contributed by atoms with E-state index in [0.717, 1.165) is 19.3 Å². The van der Waals surface area contributed by atoms with Crippen molar-refractivity contribution < 1.29 is 23.0 Å². The molecule has 1 unspecified atom stereocenters. The van der Waals surface area contributed by atoms with Gasteiger partial charge < -0.3 is 19.7 Å². The number of halogens is 2. The van der Waals surface area contributed by atoms with Crippen molar-refractivity contribution in [1.29, 1.82) is 0 Å². The maximum absolute atomic E-state index is 14.0. The van der Waals surface area contributed by atoms with E-state index in [1.54, 1.807) is 30.0 Å². The Balaban J connectivity index is 1.39. The number of carbonyl (C=O) groups excluding carboxylic acids is 1. The van der Waals surface area contributed by atoms with Crippen LogP contribution in [-0.4, -0.2) is 47.5 Å². The number of carbonyl (C=O) groups is 1. The molecular weight excluding hydrogens is 536 g/mol. The molecule has 208 valence electrons. The highest BCUT2D eigenvalue weighted by Gasteiger charge is 2.33. The summed E-state index contributed by atoms with van der Waals surface area (Å²) in [7, 11) is 0. The molecule has 2 aliphatic rings. The van der Waals surface area contributed by atoms with Crippen LogP contribution in [0.3, 0.4) is 0 Å². The van der Waals surface area contributed by atoms with Gasteiger partial charge in [-0.2, -0.15) is 0 Å². The van der Waals surface area contributed by atoms with E-state index in [1.807, 2.05) is 0 Å². The molecule has 0 saturated carbocycles. The van der Waals surface area contributed by atoms with Gasteiger partial charge in [-0.25, -0.2) is 8.78 Å². The molecule has 0 radical (unpaired) electrons. The number of nitrogens with one attached hydrogen (secondary N) is 1. The summed E-state index contributed by atoms with van der Waals surface area (Å²) in [4.78, 5) is 29.7. The van der Waals surface area contributed by atoms with Crippen LogP contribution in [0.2, 0.25) is 0 Å². The first-order valence-corrected chi connectivity index (χ1v) is 14.2. The average Bonchev–Trinajstić information content (AvgIpc) is 3.56. The zero-order valence-corrected chi connectivity index (χ0v) is 22.8. The summed E-state index contributed by atoms with van der Waals surface area (Å²) in [5.41, 5.74) is 1.80. The second-order valence-electron chi connectivity index (χ2n) is 10.2. The summed E-state index contributed by atoms with van der Waals surface area (Å²) < 4.78 is 41.0. The molecule has 2 aliphatic heterocycles. The van der Waals surface area contributed by atoms with Gasteiger partial charge in [0, 0.05) is 36.8 Å². The fourth-order valence-corrected chi connectivity index (χ4v) is 6.50. The molecular formula is C30H29F2N3O4S. The van der Waals surface area contributed by atoms with Gasteiger partial charge in [-0.05, 0) is 86.7 Å². The molecule has 10 heteroatoms. The van der Waals surface area contributed by atoms with Gasteiger partial charge in [-0.3, -0.25) is 14.2 Å². The van der Waals surface area contributed by atoms with Gasteiger partial charge >= 0.3 is 0 Å². The van der Waals surface area contributed by atoms with Crippen molar-refractivity contribution in [2.24, 2.45) is 0 Å². The van der Waals surface area contributed by atoms with Crippen molar-refractivity contribution in [2.45, 2.75) is 45.0 Å². The molecule has 40 heavy (non-hydrogen) atoms. The SMILES string of the molecule is Cc1cc(Nc2c(C(=O)N3CC[C@H](OC4CCCCO4)C3)sc3c2ccc(=O)n3-c2ccc(F)cc2)ccc1F. The van der Waals surface area contributed by atoms with Gasteiger partial charge in [0.2, 0.25) is 0 Å². The minimum Gasteiger partial charge on any atom is -0.354 e. The van der Waals surface area contributed by atoms with Crippen LogP contribution in [0.4, 0.5) is 20.2 Å². The predicted molar refractivity (Wildman–Crippen MR) is 151 cm³/mol. The van der Waals surface area contributed by atoms with Crippen molar-refractivity contribution in [1.82, 2.24) is 9.47 Å². The number of aromatic nitrogens is 1. The molecule has 6 rings (SSSR count).